The summed E-state index contributed by atoms with van der Waals surface area (Å²) in [7, 11) is 0. The van der Waals surface area contributed by atoms with Crippen molar-refractivity contribution < 1.29 is 89.5 Å². The largest absolute Gasteiger partial charge is 1.00 e. The maximum absolute atomic E-state index is 11.2. The molecule has 8 atom stereocenters. The first-order valence-electron chi connectivity index (χ1n) is 6.83. The molecule has 13 heteroatoms. The van der Waals surface area contributed by atoms with Gasteiger partial charge in [0.15, 0.2) is 6.29 Å². The molecule has 0 saturated carbocycles. The van der Waals surface area contributed by atoms with Crippen LogP contribution in [0.2, 0.25) is 0 Å². The summed E-state index contributed by atoms with van der Waals surface area (Å²) in [5.41, 5.74) is 0. The SMILES string of the molecule is O=C([O-])C(=O)[C@@H](O)[C@H](O[C@@H]1O[C@H](CO)[C@H](O)[C@H](O)[C@H]1O)[C@H](O)CO.[Na+]. The summed E-state index contributed by atoms with van der Waals surface area (Å²) in [5, 5.41) is 76.6. The Bertz CT molecular complexity index is 446. The number of ketones is 1. The van der Waals surface area contributed by atoms with E-state index < -0.39 is 74.0 Å². The molecular formula is C12H19NaO12. The van der Waals surface area contributed by atoms with Crippen LogP contribution in [0.3, 0.4) is 0 Å². The van der Waals surface area contributed by atoms with Gasteiger partial charge in [0, 0.05) is 0 Å². The number of rotatable bonds is 8. The first-order chi connectivity index (χ1) is 11.1. The maximum Gasteiger partial charge on any atom is 1.00 e. The molecule has 140 valence electrons. The van der Waals surface area contributed by atoms with E-state index in [4.69, 9.17) is 19.7 Å². The molecule has 0 amide bonds. The Morgan fingerprint density at radius 1 is 1.08 bits per heavy atom. The van der Waals surface area contributed by atoms with Crippen LogP contribution in [0.25, 0.3) is 0 Å². The van der Waals surface area contributed by atoms with Gasteiger partial charge in [0.05, 0.1) is 13.2 Å². The molecule has 0 aromatic rings. The molecule has 25 heavy (non-hydrogen) atoms. The topological polar surface area (TPSA) is 217 Å². The van der Waals surface area contributed by atoms with Crippen molar-refractivity contribution in [3.8, 4) is 0 Å². The van der Waals surface area contributed by atoms with Crippen molar-refractivity contribution in [3.63, 3.8) is 0 Å². The van der Waals surface area contributed by atoms with E-state index in [1.54, 1.807) is 0 Å². The van der Waals surface area contributed by atoms with Gasteiger partial charge in [-0.2, -0.15) is 0 Å². The van der Waals surface area contributed by atoms with Crippen molar-refractivity contribution in [1.82, 2.24) is 0 Å². The molecule has 1 heterocycles. The molecule has 0 aliphatic carbocycles. The fourth-order valence-corrected chi connectivity index (χ4v) is 2.08. The second kappa shape index (κ2) is 10.8. The van der Waals surface area contributed by atoms with E-state index in [2.05, 4.69) is 0 Å². The molecule has 0 aromatic carbocycles. The molecule has 0 bridgehead atoms. The third-order valence-corrected chi connectivity index (χ3v) is 3.49. The molecule has 1 rings (SSSR count). The van der Waals surface area contributed by atoms with Crippen LogP contribution >= 0.6 is 0 Å². The fraction of sp³-hybridized carbons (Fsp3) is 0.833. The van der Waals surface area contributed by atoms with Crippen LogP contribution in [-0.4, -0.2) is 110 Å². The number of hydrogen-bond acceptors (Lipinski definition) is 12. The Morgan fingerprint density at radius 3 is 2.08 bits per heavy atom. The van der Waals surface area contributed by atoms with Gasteiger partial charge in [-0.05, 0) is 0 Å². The van der Waals surface area contributed by atoms with Crippen LogP contribution in [0.5, 0.6) is 0 Å². The molecule has 1 aliphatic rings. The minimum Gasteiger partial charge on any atom is -0.542 e. The number of Topliss-reactive ketones (excluding diaryl/α,β-unsaturated/α-hetero) is 1. The van der Waals surface area contributed by atoms with Gasteiger partial charge in [0.1, 0.15) is 48.7 Å². The van der Waals surface area contributed by atoms with Crippen LogP contribution < -0.4 is 34.7 Å². The van der Waals surface area contributed by atoms with Gasteiger partial charge in [-0.1, -0.05) is 0 Å². The summed E-state index contributed by atoms with van der Waals surface area (Å²) >= 11 is 0. The van der Waals surface area contributed by atoms with E-state index >= 15 is 0 Å². The maximum atomic E-state index is 11.2. The standard InChI is InChI=1S/C12H20O12.Na/c13-1-3(15)10(7(18)8(19)11(21)22)24-12-9(20)6(17)5(16)4(2-14)23-12;/h3-7,9-10,12-18,20H,1-2H2,(H,21,22);/q;+1/p-1/t3-,4-,5+,6+,7-,9-,10-,12+;/m1./s1. The molecular weight excluding hydrogens is 359 g/mol. The van der Waals surface area contributed by atoms with E-state index in [0.29, 0.717) is 0 Å². The van der Waals surface area contributed by atoms with E-state index in [-0.39, 0.29) is 29.6 Å². The van der Waals surface area contributed by atoms with E-state index in [1.165, 1.54) is 0 Å². The van der Waals surface area contributed by atoms with E-state index in [9.17, 15) is 40.2 Å². The average Bonchev–Trinajstić information content (AvgIpc) is 2.57. The predicted molar refractivity (Wildman–Crippen MR) is 67.8 cm³/mol. The molecule has 0 unspecified atom stereocenters. The molecule has 12 nitrogen and oxygen atoms in total. The summed E-state index contributed by atoms with van der Waals surface area (Å²) in [6.07, 6.45) is -15.2. The molecule has 7 N–H and O–H groups in total. The number of carbonyl (C=O) groups excluding carboxylic acids is 2. The minimum absolute atomic E-state index is 0. The van der Waals surface area contributed by atoms with Crippen molar-refractivity contribution in [1.29, 1.82) is 0 Å². The zero-order valence-corrected chi connectivity index (χ0v) is 15.2. The van der Waals surface area contributed by atoms with E-state index in [1.807, 2.05) is 0 Å². The minimum atomic E-state index is -2.48. The van der Waals surface area contributed by atoms with Gasteiger partial charge in [0.25, 0.3) is 0 Å². The quantitative estimate of drug-likeness (QED) is 0.155. The summed E-state index contributed by atoms with van der Waals surface area (Å²) in [6, 6.07) is 0. The molecule has 1 aliphatic heterocycles. The number of aliphatic hydroxyl groups is 7. The third kappa shape index (κ3) is 5.89. The number of carboxylic acid groups (broad SMARTS) is 1. The van der Waals surface area contributed by atoms with Crippen LogP contribution in [0.15, 0.2) is 0 Å². The smallest absolute Gasteiger partial charge is 0.542 e. The Labute approximate surface area is 163 Å². The van der Waals surface area contributed by atoms with Crippen molar-refractivity contribution >= 4 is 11.8 Å². The van der Waals surface area contributed by atoms with Gasteiger partial charge in [-0.3, -0.25) is 4.79 Å². The second-order valence-corrected chi connectivity index (χ2v) is 5.14. The number of carbonyl (C=O) groups is 2. The number of carboxylic acids is 1. The molecule has 0 radical (unpaired) electrons. The Balaban J connectivity index is 0.00000576. The first kappa shape index (κ1) is 24.8. The zero-order valence-electron chi connectivity index (χ0n) is 13.2. The summed E-state index contributed by atoms with van der Waals surface area (Å²) in [5.74, 6) is -4.15. The van der Waals surface area contributed by atoms with Crippen LogP contribution in [0, 0.1) is 0 Å². The summed E-state index contributed by atoms with van der Waals surface area (Å²) < 4.78 is 9.85. The van der Waals surface area contributed by atoms with Crippen molar-refractivity contribution in [2.24, 2.45) is 0 Å². The molecule has 1 saturated heterocycles. The van der Waals surface area contributed by atoms with Crippen molar-refractivity contribution in [2.75, 3.05) is 13.2 Å². The summed E-state index contributed by atoms with van der Waals surface area (Å²) in [4.78, 5) is 21.7. The van der Waals surface area contributed by atoms with Crippen LogP contribution in [0.1, 0.15) is 0 Å². The predicted octanol–water partition coefficient (Wildman–Crippen LogP) is -9.79. The van der Waals surface area contributed by atoms with E-state index in [0.717, 1.165) is 0 Å². The van der Waals surface area contributed by atoms with Gasteiger partial charge < -0.3 is 55.1 Å². The monoisotopic (exact) mass is 378 g/mol. The first-order valence-corrected chi connectivity index (χ1v) is 6.83. The molecule has 0 spiro atoms. The zero-order chi connectivity index (χ0) is 18.6. The second-order valence-electron chi connectivity index (χ2n) is 5.14. The Kier molecular flexibility index (Phi) is 10.7. The average molecular weight is 378 g/mol. The summed E-state index contributed by atoms with van der Waals surface area (Å²) in [6.45, 7) is -1.85. The number of aliphatic hydroxyl groups excluding tert-OH is 7. The number of aliphatic carboxylic acids is 1. The van der Waals surface area contributed by atoms with Gasteiger partial charge in [0.2, 0.25) is 5.78 Å². The Morgan fingerprint density at radius 2 is 1.64 bits per heavy atom. The molecule has 0 aromatic heterocycles. The van der Waals surface area contributed by atoms with Crippen LogP contribution in [-0.2, 0) is 19.1 Å². The van der Waals surface area contributed by atoms with Gasteiger partial charge >= 0.3 is 29.6 Å². The van der Waals surface area contributed by atoms with Gasteiger partial charge in [-0.25, -0.2) is 0 Å². The fourth-order valence-electron chi connectivity index (χ4n) is 2.08. The van der Waals surface area contributed by atoms with Crippen LogP contribution in [0.4, 0.5) is 0 Å². The third-order valence-electron chi connectivity index (χ3n) is 3.49. The number of hydrogen-bond donors (Lipinski definition) is 7. The molecule has 1 fully saturated rings. The normalized spacial score (nSPS) is 33.0. The Hall–Kier alpha value is -0.220. The van der Waals surface area contributed by atoms with Gasteiger partial charge in [-0.15, -0.1) is 0 Å². The number of ether oxygens (including phenoxy) is 2. The van der Waals surface area contributed by atoms with Crippen molar-refractivity contribution in [2.45, 2.75) is 49.0 Å². The van der Waals surface area contributed by atoms with Crippen molar-refractivity contribution in [3.05, 3.63) is 0 Å².